The lowest BCUT2D eigenvalue weighted by Crippen LogP contribution is -2.24. The number of hydrogen-bond donors (Lipinski definition) is 1. The quantitative estimate of drug-likeness (QED) is 0.887. The first-order chi connectivity index (χ1) is 8.33. The van der Waals surface area contributed by atoms with Crippen LogP contribution in [0, 0.1) is 6.92 Å². The molecule has 7 heteroatoms. The van der Waals surface area contributed by atoms with E-state index in [0.717, 1.165) is 0 Å². The SMILES string of the molecule is CCOc1ncnc(NC(C)CC(F)(F)F)c1C. The van der Waals surface area contributed by atoms with Crippen LogP contribution in [0.5, 0.6) is 5.88 Å². The Balaban J connectivity index is 2.75. The van der Waals surface area contributed by atoms with E-state index in [0.29, 0.717) is 23.9 Å². The van der Waals surface area contributed by atoms with Crippen LogP contribution >= 0.6 is 0 Å². The van der Waals surface area contributed by atoms with Crippen LogP contribution in [0.25, 0.3) is 0 Å². The lowest BCUT2D eigenvalue weighted by atomic mass is 10.2. The Morgan fingerprint density at radius 2 is 2.06 bits per heavy atom. The summed E-state index contributed by atoms with van der Waals surface area (Å²) in [6, 6.07) is -0.756. The average molecular weight is 263 g/mol. The number of anilines is 1. The zero-order chi connectivity index (χ0) is 13.8. The smallest absolute Gasteiger partial charge is 0.391 e. The van der Waals surface area contributed by atoms with E-state index in [1.807, 2.05) is 0 Å². The maximum atomic E-state index is 12.2. The number of nitrogens with zero attached hydrogens (tertiary/aromatic N) is 2. The highest BCUT2D eigenvalue weighted by Crippen LogP contribution is 2.25. The van der Waals surface area contributed by atoms with E-state index < -0.39 is 18.6 Å². The predicted octanol–water partition coefficient (Wildman–Crippen LogP) is 2.94. The molecule has 0 saturated heterocycles. The zero-order valence-corrected chi connectivity index (χ0v) is 10.5. The van der Waals surface area contributed by atoms with Crippen LogP contribution in [-0.4, -0.2) is 28.8 Å². The molecule has 0 fully saturated rings. The number of aromatic nitrogens is 2. The van der Waals surface area contributed by atoms with Crippen molar-refractivity contribution in [3.8, 4) is 5.88 Å². The van der Waals surface area contributed by atoms with Gasteiger partial charge in [-0.25, -0.2) is 9.97 Å². The highest BCUT2D eigenvalue weighted by molar-refractivity contribution is 5.48. The minimum absolute atomic E-state index is 0.366. The molecular formula is C11H16F3N3O. The van der Waals surface area contributed by atoms with Gasteiger partial charge in [0.25, 0.3) is 0 Å². The van der Waals surface area contributed by atoms with Crippen molar-refractivity contribution in [3.63, 3.8) is 0 Å². The predicted molar refractivity (Wildman–Crippen MR) is 61.7 cm³/mol. The molecule has 1 atom stereocenters. The average Bonchev–Trinajstić information content (AvgIpc) is 2.21. The molecule has 4 nitrogen and oxygen atoms in total. The number of hydrogen-bond acceptors (Lipinski definition) is 4. The van der Waals surface area contributed by atoms with Crippen molar-refractivity contribution < 1.29 is 17.9 Å². The second-order valence-electron chi connectivity index (χ2n) is 3.95. The Bertz CT molecular complexity index is 396. The molecule has 0 spiro atoms. The van der Waals surface area contributed by atoms with Gasteiger partial charge >= 0.3 is 6.18 Å². The van der Waals surface area contributed by atoms with E-state index in [-0.39, 0.29) is 0 Å². The Morgan fingerprint density at radius 3 is 2.61 bits per heavy atom. The summed E-state index contributed by atoms with van der Waals surface area (Å²) in [4.78, 5) is 7.84. The van der Waals surface area contributed by atoms with Crippen molar-refractivity contribution >= 4 is 5.82 Å². The van der Waals surface area contributed by atoms with Gasteiger partial charge in [-0.2, -0.15) is 13.2 Å². The standard InChI is InChI=1S/C11H16F3N3O/c1-4-18-10-8(3)9(15-6-16-10)17-7(2)5-11(12,13)14/h6-7H,4-5H2,1-3H3,(H,15,16,17). The number of nitrogens with one attached hydrogen (secondary N) is 1. The van der Waals surface area contributed by atoms with E-state index in [1.165, 1.54) is 13.3 Å². The van der Waals surface area contributed by atoms with Crippen molar-refractivity contribution in [2.45, 2.75) is 39.4 Å². The third-order valence-corrected chi connectivity index (χ3v) is 2.24. The van der Waals surface area contributed by atoms with Gasteiger partial charge in [0.05, 0.1) is 18.6 Å². The molecule has 0 aliphatic heterocycles. The molecule has 0 aromatic carbocycles. The largest absolute Gasteiger partial charge is 0.478 e. The van der Waals surface area contributed by atoms with Crippen LogP contribution in [0.4, 0.5) is 19.0 Å². The van der Waals surface area contributed by atoms with Crippen LogP contribution in [0.15, 0.2) is 6.33 Å². The molecule has 1 aromatic rings. The van der Waals surface area contributed by atoms with Crippen molar-refractivity contribution in [2.24, 2.45) is 0 Å². The van der Waals surface area contributed by atoms with E-state index in [1.54, 1.807) is 13.8 Å². The Hall–Kier alpha value is -1.53. The number of halogens is 3. The third-order valence-electron chi connectivity index (χ3n) is 2.24. The summed E-state index contributed by atoms with van der Waals surface area (Å²) >= 11 is 0. The molecule has 1 heterocycles. The second kappa shape index (κ2) is 5.88. The Kier molecular flexibility index (Phi) is 4.75. The molecule has 0 amide bonds. The first-order valence-corrected chi connectivity index (χ1v) is 5.61. The second-order valence-corrected chi connectivity index (χ2v) is 3.95. The molecule has 1 rings (SSSR count). The maximum Gasteiger partial charge on any atom is 0.391 e. The first kappa shape index (κ1) is 14.5. The van der Waals surface area contributed by atoms with Crippen LogP contribution in [0.3, 0.4) is 0 Å². The number of ether oxygens (including phenoxy) is 1. The summed E-state index contributed by atoms with van der Waals surface area (Å²) in [5.74, 6) is 0.749. The summed E-state index contributed by atoms with van der Waals surface area (Å²) < 4.78 is 41.9. The highest BCUT2D eigenvalue weighted by atomic mass is 19.4. The molecule has 0 saturated carbocycles. The molecule has 1 N–H and O–H groups in total. The van der Waals surface area contributed by atoms with E-state index in [9.17, 15) is 13.2 Å². The summed E-state index contributed by atoms with van der Waals surface area (Å²) in [6.45, 7) is 5.40. The minimum Gasteiger partial charge on any atom is -0.478 e. The van der Waals surface area contributed by atoms with Crippen molar-refractivity contribution in [1.82, 2.24) is 9.97 Å². The molecule has 18 heavy (non-hydrogen) atoms. The van der Waals surface area contributed by atoms with Gasteiger partial charge < -0.3 is 10.1 Å². The fourth-order valence-corrected chi connectivity index (χ4v) is 1.49. The fourth-order valence-electron chi connectivity index (χ4n) is 1.49. The summed E-state index contributed by atoms with van der Waals surface area (Å²) in [7, 11) is 0. The monoisotopic (exact) mass is 263 g/mol. The van der Waals surface area contributed by atoms with Gasteiger partial charge in [-0.3, -0.25) is 0 Å². The summed E-state index contributed by atoms with van der Waals surface area (Å²) in [6.07, 6.45) is -3.85. The van der Waals surface area contributed by atoms with E-state index >= 15 is 0 Å². The molecule has 0 radical (unpaired) electrons. The Labute approximate surface area is 104 Å². The lowest BCUT2D eigenvalue weighted by Gasteiger charge is -2.18. The molecule has 1 unspecified atom stereocenters. The van der Waals surface area contributed by atoms with Gasteiger partial charge in [0, 0.05) is 6.04 Å². The van der Waals surface area contributed by atoms with Gasteiger partial charge in [-0.1, -0.05) is 0 Å². The third kappa shape index (κ3) is 4.38. The molecule has 102 valence electrons. The number of rotatable bonds is 5. The van der Waals surface area contributed by atoms with Crippen molar-refractivity contribution in [2.75, 3.05) is 11.9 Å². The van der Waals surface area contributed by atoms with Crippen molar-refractivity contribution in [1.29, 1.82) is 0 Å². The fraction of sp³-hybridized carbons (Fsp3) is 0.636. The molecule has 0 aliphatic rings. The van der Waals surface area contributed by atoms with Crippen LogP contribution in [0.2, 0.25) is 0 Å². The highest BCUT2D eigenvalue weighted by Gasteiger charge is 2.30. The van der Waals surface area contributed by atoms with Gasteiger partial charge in [0.15, 0.2) is 0 Å². The van der Waals surface area contributed by atoms with Crippen molar-refractivity contribution in [3.05, 3.63) is 11.9 Å². The van der Waals surface area contributed by atoms with Crippen LogP contribution in [-0.2, 0) is 0 Å². The zero-order valence-electron chi connectivity index (χ0n) is 10.5. The molecule has 1 aromatic heterocycles. The topological polar surface area (TPSA) is 47.0 Å². The summed E-state index contributed by atoms with van der Waals surface area (Å²) in [5, 5.41) is 2.71. The maximum absolute atomic E-state index is 12.2. The number of alkyl halides is 3. The molecule has 0 bridgehead atoms. The first-order valence-electron chi connectivity index (χ1n) is 5.61. The molecule has 0 aliphatic carbocycles. The lowest BCUT2D eigenvalue weighted by molar-refractivity contribution is -0.136. The minimum atomic E-state index is -4.20. The van der Waals surface area contributed by atoms with Gasteiger partial charge in [0.2, 0.25) is 5.88 Å². The van der Waals surface area contributed by atoms with E-state index in [2.05, 4.69) is 15.3 Å². The summed E-state index contributed by atoms with van der Waals surface area (Å²) in [5.41, 5.74) is 0.605. The van der Waals surface area contributed by atoms with E-state index in [4.69, 9.17) is 4.74 Å². The van der Waals surface area contributed by atoms with Gasteiger partial charge in [-0.15, -0.1) is 0 Å². The normalized spacial score (nSPS) is 13.2. The van der Waals surface area contributed by atoms with Gasteiger partial charge in [-0.05, 0) is 20.8 Å². The van der Waals surface area contributed by atoms with Gasteiger partial charge in [0.1, 0.15) is 12.1 Å². The Morgan fingerprint density at radius 1 is 1.39 bits per heavy atom. The molecular weight excluding hydrogens is 247 g/mol. The van der Waals surface area contributed by atoms with Crippen LogP contribution < -0.4 is 10.1 Å². The van der Waals surface area contributed by atoms with Crippen LogP contribution in [0.1, 0.15) is 25.8 Å².